The summed E-state index contributed by atoms with van der Waals surface area (Å²) in [5, 5.41) is 0.638. The molecule has 3 aromatic rings. The Morgan fingerprint density at radius 2 is 2.00 bits per heavy atom. The molecule has 0 atom stereocenters. The lowest BCUT2D eigenvalue weighted by Crippen LogP contribution is -1.89. The number of nitrogens with two attached hydrogens (primary N) is 1. The van der Waals surface area contributed by atoms with E-state index >= 15 is 0 Å². The van der Waals surface area contributed by atoms with Crippen LogP contribution in [0.3, 0.4) is 0 Å². The number of hydrogen-bond donors (Lipinski definition) is 1. The Balaban J connectivity index is 2.16. The van der Waals surface area contributed by atoms with Crippen molar-refractivity contribution in [2.24, 2.45) is 0 Å². The number of oxazole rings is 1. The third-order valence-corrected chi connectivity index (χ3v) is 3.10. The fraction of sp³-hybridized carbons (Fsp3) is 0.0714. The summed E-state index contributed by atoms with van der Waals surface area (Å²) in [6.07, 6.45) is 0. The van der Waals surface area contributed by atoms with Gasteiger partial charge in [0.15, 0.2) is 5.58 Å². The summed E-state index contributed by atoms with van der Waals surface area (Å²) in [6.45, 7) is 1.96. The molecule has 0 unspecified atom stereocenters. The fourth-order valence-corrected chi connectivity index (χ4v) is 1.99. The van der Waals surface area contributed by atoms with E-state index in [2.05, 4.69) is 4.98 Å². The first-order valence-corrected chi connectivity index (χ1v) is 5.94. The Morgan fingerprint density at radius 3 is 2.78 bits per heavy atom. The van der Waals surface area contributed by atoms with Gasteiger partial charge >= 0.3 is 0 Å². The van der Waals surface area contributed by atoms with Gasteiger partial charge in [-0.15, -0.1) is 0 Å². The molecule has 18 heavy (non-hydrogen) atoms. The molecule has 0 saturated heterocycles. The van der Waals surface area contributed by atoms with Gasteiger partial charge in [-0.05, 0) is 42.8 Å². The number of anilines is 1. The fourth-order valence-electron chi connectivity index (χ4n) is 1.83. The maximum absolute atomic E-state index is 5.92. The molecule has 1 heterocycles. The van der Waals surface area contributed by atoms with Crippen molar-refractivity contribution >= 4 is 28.4 Å². The lowest BCUT2D eigenvalue weighted by Gasteiger charge is -2.00. The Morgan fingerprint density at radius 1 is 1.17 bits per heavy atom. The maximum atomic E-state index is 5.92. The second kappa shape index (κ2) is 4.03. The summed E-state index contributed by atoms with van der Waals surface area (Å²) >= 11 is 5.92. The second-order valence-electron chi connectivity index (χ2n) is 4.20. The number of nitrogens with zero attached hydrogens (tertiary/aromatic N) is 1. The summed E-state index contributed by atoms with van der Waals surface area (Å²) in [5.74, 6) is 0.579. The Kier molecular flexibility index (Phi) is 2.49. The molecule has 0 aliphatic heterocycles. The molecular formula is C14H11ClN2O. The van der Waals surface area contributed by atoms with Crippen LogP contribution in [0.25, 0.3) is 22.6 Å². The van der Waals surface area contributed by atoms with E-state index in [4.69, 9.17) is 21.8 Å². The number of halogens is 1. The summed E-state index contributed by atoms with van der Waals surface area (Å²) in [4.78, 5) is 4.43. The molecule has 90 valence electrons. The van der Waals surface area contributed by atoms with Crippen LogP contribution >= 0.6 is 11.6 Å². The van der Waals surface area contributed by atoms with Crippen LogP contribution in [0, 0.1) is 6.92 Å². The SMILES string of the molecule is Cc1cc(-c2nc3ccc(Cl)cc3o2)ccc1N. The molecular weight excluding hydrogens is 248 g/mol. The van der Waals surface area contributed by atoms with Gasteiger partial charge in [0.1, 0.15) is 5.52 Å². The highest BCUT2D eigenvalue weighted by Gasteiger charge is 2.09. The summed E-state index contributed by atoms with van der Waals surface area (Å²) < 4.78 is 5.69. The van der Waals surface area contributed by atoms with Crippen LogP contribution < -0.4 is 5.73 Å². The van der Waals surface area contributed by atoms with Crippen molar-refractivity contribution in [3.05, 3.63) is 47.0 Å². The number of fused-ring (bicyclic) bond motifs is 1. The second-order valence-corrected chi connectivity index (χ2v) is 4.64. The highest BCUT2D eigenvalue weighted by Crippen LogP contribution is 2.27. The van der Waals surface area contributed by atoms with Gasteiger partial charge in [0.25, 0.3) is 0 Å². The predicted octanol–water partition coefficient (Wildman–Crippen LogP) is 4.04. The van der Waals surface area contributed by atoms with Crippen molar-refractivity contribution in [2.75, 3.05) is 5.73 Å². The number of hydrogen-bond acceptors (Lipinski definition) is 3. The number of rotatable bonds is 1. The molecule has 0 aliphatic carbocycles. The zero-order valence-corrected chi connectivity index (χ0v) is 10.5. The van der Waals surface area contributed by atoms with Crippen LogP contribution in [0.15, 0.2) is 40.8 Å². The van der Waals surface area contributed by atoms with Crippen molar-refractivity contribution < 1.29 is 4.42 Å². The molecule has 0 aliphatic rings. The van der Waals surface area contributed by atoms with E-state index in [0.717, 1.165) is 22.3 Å². The van der Waals surface area contributed by atoms with E-state index in [1.54, 1.807) is 12.1 Å². The standard InChI is InChI=1S/C14H11ClN2O/c1-8-6-9(2-4-11(8)16)14-17-12-5-3-10(15)7-13(12)18-14/h2-7H,16H2,1H3. The third kappa shape index (κ3) is 1.83. The van der Waals surface area contributed by atoms with E-state index in [9.17, 15) is 0 Å². The molecule has 3 rings (SSSR count). The van der Waals surface area contributed by atoms with Crippen molar-refractivity contribution in [1.29, 1.82) is 0 Å². The minimum Gasteiger partial charge on any atom is -0.436 e. The molecule has 0 spiro atoms. The topological polar surface area (TPSA) is 52.0 Å². The maximum Gasteiger partial charge on any atom is 0.227 e. The van der Waals surface area contributed by atoms with Crippen LogP contribution in [0.5, 0.6) is 0 Å². The smallest absolute Gasteiger partial charge is 0.227 e. The van der Waals surface area contributed by atoms with Crippen LogP contribution in [-0.2, 0) is 0 Å². The minimum absolute atomic E-state index is 0.579. The molecule has 4 heteroatoms. The zero-order valence-electron chi connectivity index (χ0n) is 9.77. The molecule has 0 amide bonds. The van der Waals surface area contributed by atoms with Crippen molar-refractivity contribution in [3.8, 4) is 11.5 Å². The van der Waals surface area contributed by atoms with Gasteiger partial charge < -0.3 is 10.2 Å². The molecule has 2 N–H and O–H groups in total. The van der Waals surface area contributed by atoms with E-state index < -0.39 is 0 Å². The molecule has 0 bridgehead atoms. The first-order chi connectivity index (χ1) is 8.63. The molecule has 2 aromatic carbocycles. The quantitative estimate of drug-likeness (QED) is 0.670. The lowest BCUT2D eigenvalue weighted by molar-refractivity contribution is 0.620. The Hall–Kier alpha value is -2.00. The normalized spacial score (nSPS) is 11.0. The van der Waals surface area contributed by atoms with Crippen LogP contribution in [0.2, 0.25) is 5.02 Å². The molecule has 0 radical (unpaired) electrons. The number of aromatic nitrogens is 1. The van der Waals surface area contributed by atoms with E-state index in [1.165, 1.54) is 0 Å². The van der Waals surface area contributed by atoms with Gasteiger partial charge in [0.05, 0.1) is 0 Å². The number of aryl methyl sites for hydroxylation is 1. The average Bonchev–Trinajstić information content (AvgIpc) is 2.75. The van der Waals surface area contributed by atoms with Gasteiger partial charge in [0.2, 0.25) is 5.89 Å². The van der Waals surface area contributed by atoms with Gasteiger partial charge in [-0.2, -0.15) is 0 Å². The van der Waals surface area contributed by atoms with Crippen molar-refractivity contribution in [3.63, 3.8) is 0 Å². The first-order valence-electron chi connectivity index (χ1n) is 5.56. The zero-order chi connectivity index (χ0) is 12.7. The number of nitrogen functional groups attached to an aromatic ring is 1. The van der Waals surface area contributed by atoms with Gasteiger partial charge in [-0.25, -0.2) is 4.98 Å². The number of benzene rings is 2. The lowest BCUT2D eigenvalue weighted by atomic mass is 10.1. The molecule has 1 aromatic heterocycles. The van der Waals surface area contributed by atoms with Gasteiger partial charge in [-0.3, -0.25) is 0 Å². The van der Waals surface area contributed by atoms with Gasteiger partial charge in [0, 0.05) is 22.3 Å². The summed E-state index contributed by atoms with van der Waals surface area (Å²) in [5.41, 5.74) is 9.96. The van der Waals surface area contributed by atoms with Crippen molar-refractivity contribution in [2.45, 2.75) is 6.92 Å². The molecule has 3 nitrogen and oxygen atoms in total. The van der Waals surface area contributed by atoms with E-state index in [-0.39, 0.29) is 0 Å². The summed E-state index contributed by atoms with van der Waals surface area (Å²) in [7, 11) is 0. The predicted molar refractivity (Wildman–Crippen MR) is 73.6 cm³/mol. The first kappa shape index (κ1) is 11.1. The highest BCUT2D eigenvalue weighted by molar-refractivity contribution is 6.31. The third-order valence-electron chi connectivity index (χ3n) is 2.87. The largest absolute Gasteiger partial charge is 0.436 e. The molecule has 0 fully saturated rings. The van der Waals surface area contributed by atoms with Crippen LogP contribution in [0.1, 0.15) is 5.56 Å². The highest BCUT2D eigenvalue weighted by atomic mass is 35.5. The van der Waals surface area contributed by atoms with Gasteiger partial charge in [-0.1, -0.05) is 11.6 Å². The van der Waals surface area contributed by atoms with Crippen LogP contribution in [-0.4, -0.2) is 4.98 Å². The van der Waals surface area contributed by atoms with E-state index in [1.807, 2.05) is 31.2 Å². The van der Waals surface area contributed by atoms with Crippen molar-refractivity contribution in [1.82, 2.24) is 4.98 Å². The Bertz CT molecular complexity index is 734. The average molecular weight is 259 g/mol. The monoisotopic (exact) mass is 258 g/mol. The Labute approximate surface area is 109 Å². The van der Waals surface area contributed by atoms with Crippen LogP contribution in [0.4, 0.5) is 5.69 Å². The summed E-state index contributed by atoms with van der Waals surface area (Å²) in [6, 6.07) is 11.1. The van der Waals surface area contributed by atoms with E-state index in [0.29, 0.717) is 16.5 Å². The molecule has 0 saturated carbocycles. The minimum atomic E-state index is 0.579.